The molecule has 1 aromatic carbocycles. The first-order valence-corrected chi connectivity index (χ1v) is 14.6. The van der Waals surface area contributed by atoms with Gasteiger partial charge in [0.2, 0.25) is 33.7 Å². The van der Waals surface area contributed by atoms with Crippen LogP contribution >= 0.6 is 20.7 Å². The third-order valence-electron chi connectivity index (χ3n) is 6.34. The van der Waals surface area contributed by atoms with E-state index in [2.05, 4.69) is 5.32 Å². The van der Waals surface area contributed by atoms with E-state index in [9.17, 15) is 19.2 Å². The van der Waals surface area contributed by atoms with E-state index in [1.807, 2.05) is 24.3 Å². The summed E-state index contributed by atoms with van der Waals surface area (Å²) in [5.41, 5.74) is 2.69. The summed E-state index contributed by atoms with van der Waals surface area (Å²) in [6.07, 6.45) is 7.83. The second-order valence-electron chi connectivity index (χ2n) is 8.92. The van der Waals surface area contributed by atoms with E-state index >= 15 is 0 Å². The molecule has 1 aliphatic rings. The van der Waals surface area contributed by atoms with E-state index in [0.29, 0.717) is 24.0 Å². The monoisotopic (exact) mass is 543 g/mol. The molecule has 0 fully saturated rings. The minimum absolute atomic E-state index is 0.00406. The average molecular weight is 544 g/mol. The van der Waals surface area contributed by atoms with Gasteiger partial charge in [0.05, 0.1) is 14.2 Å². The Balaban J connectivity index is 1.27. The van der Waals surface area contributed by atoms with Crippen LogP contribution in [0.5, 0.6) is 0 Å². The minimum Gasteiger partial charge on any atom is -0.489 e. The van der Waals surface area contributed by atoms with Crippen molar-refractivity contribution in [1.82, 2.24) is 0 Å². The van der Waals surface area contributed by atoms with Gasteiger partial charge < -0.3 is 14.8 Å². The van der Waals surface area contributed by atoms with Gasteiger partial charge in [0.1, 0.15) is 0 Å². The van der Waals surface area contributed by atoms with Crippen molar-refractivity contribution < 1.29 is 23.9 Å². The van der Waals surface area contributed by atoms with Crippen molar-refractivity contribution in [3.05, 3.63) is 62.5 Å². The molecule has 7 nitrogen and oxygen atoms in total. The summed E-state index contributed by atoms with van der Waals surface area (Å²) in [5.74, 6) is -0.565. The number of ether oxygens (including phenoxy) is 2. The molecule has 3 rings (SSSR count). The van der Waals surface area contributed by atoms with Gasteiger partial charge in [0.25, 0.3) is 0 Å². The van der Waals surface area contributed by atoms with E-state index in [4.69, 9.17) is 9.47 Å². The number of ketones is 2. The first kappa shape index (κ1) is 28.5. The van der Waals surface area contributed by atoms with Crippen LogP contribution in [0.4, 0.5) is 5.69 Å². The summed E-state index contributed by atoms with van der Waals surface area (Å²) >= 11 is 0. The highest BCUT2D eigenvalue weighted by Crippen LogP contribution is 2.29. The fourth-order valence-electron chi connectivity index (χ4n) is 4.28. The Bertz CT molecular complexity index is 1240. The van der Waals surface area contributed by atoms with Crippen LogP contribution in [0.1, 0.15) is 64.7 Å². The van der Waals surface area contributed by atoms with Crippen LogP contribution in [0.25, 0.3) is 10.4 Å². The van der Waals surface area contributed by atoms with E-state index in [0.717, 1.165) is 61.1 Å². The van der Waals surface area contributed by atoms with Gasteiger partial charge in [-0.05, 0) is 54.2 Å². The van der Waals surface area contributed by atoms with Gasteiger partial charge in [0, 0.05) is 34.2 Å². The van der Waals surface area contributed by atoms with Crippen LogP contribution in [0, 0.1) is 0 Å². The van der Waals surface area contributed by atoms with Gasteiger partial charge in [-0.2, -0.15) is 0 Å². The Kier molecular flexibility index (Phi) is 10.8. The number of methoxy groups -OCH3 is 2. The topological polar surface area (TPSA) is 98.8 Å². The molecule has 1 heterocycles. The van der Waals surface area contributed by atoms with Crippen molar-refractivity contribution in [1.29, 1.82) is 0 Å². The average Bonchev–Trinajstić information content (AvgIpc) is 3.33. The highest BCUT2D eigenvalue weighted by molar-refractivity contribution is 7.69. The molecule has 1 aliphatic carbocycles. The van der Waals surface area contributed by atoms with E-state index in [1.54, 1.807) is 13.0 Å². The molecule has 9 heteroatoms. The summed E-state index contributed by atoms with van der Waals surface area (Å²) < 4.78 is 10.2. The number of benzene rings is 1. The summed E-state index contributed by atoms with van der Waals surface area (Å²) in [5, 5.41) is 2.93. The second-order valence-corrected chi connectivity index (χ2v) is 11.1. The minimum atomic E-state index is -0.285. The Hall–Kier alpha value is -3.04. The van der Waals surface area contributed by atoms with Crippen LogP contribution in [-0.4, -0.2) is 31.7 Å². The number of nitrogens with one attached hydrogen (secondary N) is 1. The summed E-state index contributed by atoms with van der Waals surface area (Å²) in [7, 11) is 5.41. The SMILES string of the molecule is COC1=C(OC)C(=O)C(CCCCCCCCCC(=O)Nc2ccc(-c3cc(=O)ss3)cc2)=C(C)C1=O. The lowest BCUT2D eigenvalue weighted by Crippen LogP contribution is -2.25. The molecule has 0 radical (unpaired) electrons. The number of carbonyl (C=O) groups excluding carboxylic acids is 3. The summed E-state index contributed by atoms with van der Waals surface area (Å²) in [6.45, 7) is 1.67. The number of allylic oxidation sites excluding steroid dienone is 2. The zero-order valence-electron chi connectivity index (χ0n) is 21.5. The van der Waals surface area contributed by atoms with Gasteiger partial charge in [-0.3, -0.25) is 19.2 Å². The molecular weight excluding hydrogens is 510 g/mol. The Morgan fingerprint density at radius 3 is 2.00 bits per heavy atom. The third-order valence-corrected chi connectivity index (χ3v) is 8.52. The van der Waals surface area contributed by atoms with Crippen LogP contribution in [0.3, 0.4) is 0 Å². The first-order valence-electron chi connectivity index (χ1n) is 12.5. The van der Waals surface area contributed by atoms with Crippen LogP contribution in [0.2, 0.25) is 0 Å². The summed E-state index contributed by atoms with van der Waals surface area (Å²) in [6, 6.07) is 9.18. The lowest BCUT2D eigenvalue weighted by molar-refractivity contribution is -0.121. The third kappa shape index (κ3) is 7.72. The Labute approximate surface area is 224 Å². The van der Waals surface area contributed by atoms with Crippen molar-refractivity contribution in [3.63, 3.8) is 0 Å². The van der Waals surface area contributed by atoms with Crippen molar-refractivity contribution >= 4 is 43.8 Å². The lowest BCUT2D eigenvalue weighted by atomic mass is 9.89. The molecule has 0 atom stereocenters. The molecule has 0 aliphatic heterocycles. The molecule has 0 bridgehead atoms. The Morgan fingerprint density at radius 1 is 0.811 bits per heavy atom. The highest BCUT2D eigenvalue weighted by Gasteiger charge is 2.34. The van der Waals surface area contributed by atoms with Crippen LogP contribution < -0.4 is 10.1 Å². The van der Waals surface area contributed by atoms with E-state index in [-0.39, 0.29) is 33.7 Å². The summed E-state index contributed by atoms with van der Waals surface area (Å²) in [4.78, 5) is 49.6. The molecule has 1 N–H and O–H groups in total. The van der Waals surface area contributed by atoms with E-state index < -0.39 is 0 Å². The maximum atomic E-state index is 12.6. The number of anilines is 1. The zero-order chi connectivity index (χ0) is 26.8. The first-order chi connectivity index (χ1) is 17.8. The van der Waals surface area contributed by atoms with Gasteiger partial charge in [-0.15, -0.1) is 0 Å². The molecule has 2 aromatic rings. The fourth-order valence-corrected chi connectivity index (χ4v) is 6.17. The number of hydrogen-bond acceptors (Lipinski definition) is 8. The van der Waals surface area contributed by atoms with Crippen molar-refractivity contribution in [2.45, 2.75) is 64.7 Å². The predicted octanol–water partition coefficient (Wildman–Crippen LogP) is 6.26. The zero-order valence-corrected chi connectivity index (χ0v) is 23.1. The van der Waals surface area contributed by atoms with Gasteiger partial charge in [-0.25, -0.2) is 0 Å². The fraction of sp³-hybridized carbons (Fsp3) is 0.429. The molecule has 0 saturated carbocycles. The molecular formula is C28H33NO6S2. The standard InChI is InChI=1S/C28H33NO6S2/c1-18-21(26(33)28(35-3)27(34-2)25(18)32)11-9-7-5-4-6-8-10-12-23(30)29-20-15-13-19(14-16-20)22-17-24(31)37-36-22/h13-17H,4-12H2,1-3H3,(H,29,30). The largest absolute Gasteiger partial charge is 0.489 e. The molecule has 0 unspecified atom stereocenters. The highest BCUT2D eigenvalue weighted by atomic mass is 32.9. The van der Waals surface area contributed by atoms with Gasteiger partial charge in [0.15, 0.2) is 0 Å². The number of unbranched alkanes of at least 4 members (excludes halogenated alkanes) is 6. The van der Waals surface area contributed by atoms with Crippen molar-refractivity contribution in [2.24, 2.45) is 0 Å². The molecule has 198 valence electrons. The number of hydrogen-bond donors (Lipinski definition) is 1. The second kappa shape index (κ2) is 14.0. The van der Waals surface area contributed by atoms with E-state index in [1.165, 1.54) is 34.9 Å². The molecule has 0 saturated heterocycles. The van der Waals surface area contributed by atoms with Gasteiger partial charge in [-0.1, -0.05) is 54.6 Å². The maximum absolute atomic E-state index is 12.6. The predicted molar refractivity (Wildman–Crippen MR) is 148 cm³/mol. The molecule has 1 aromatic heterocycles. The Morgan fingerprint density at radius 2 is 1.41 bits per heavy atom. The number of Topliss-reactive ketones (excluding diaryl/α,β-unsaturated/α-hetero) is 2. The van der Waals surface area contributed by atoms with Crippen molar-refractivity contribution in [3.8, 4) is 10.4 Å². The number of carbonyl (C=O) groups is 3. The number of amides is 1. The molecule has 1 amide bonds. The van der Waals surface area contributed by atoms with Crippen LogP contribution in [-0.2, 0) is 23.9 Å². The maximum Gasteiger partial charge on any atom is 0.243 e. The molecule has 0 spiro atoms. The quantitative estimate of drug-likeness (QED) is 0.172. The smallest absolute Gasteiger partial charge is 0.243 e. The number of rotatable bonds is 14. The normalized spacial score (nSPS) is 13.8. The lowest BCUT2D eigenvalue weighted by Gasteiger charge is -2.20. The van der Waals surface area contributed by atoms with Gasteiger partial charge >= 0.3 is 0 Å². The van der Waals surface area contributed by atoms with Crippen LogP contribution in [0.15, 0.2) is 57.8 Å². The van der Waals surface area contributed by atoms with Crippen molar-refractivity contribution in [2.75, 3.05) is 19.5 Å². The molecule has 37 heavy (non-hydrogen) atoms.